The Hall–Kier alpha value is -0.460. The Morgan fingerprint density at radius 2 is 2.00 bits per heavy atom. The Morgan fingerprint density at radius 3 is 2.42 bits per heavy atom. The molecule has 2 aliphatic rings. The van der Waals surface area contributed by atoms with Gasteiger partial charge in [0.15, 0.2) is 0 Å². The minimum Gasteiger partial charge on any atom is -0.412 e. The molecule has 0 unspecified atom stereocenters. The third kappa shape index (κ3) is 4.26. The lowest BCUT2D eigenvalue weighted by molar-refractivity contribution is 0.0590. The Kier molecular flexibility index (Phi) is 7.78. The molecule has 2 rings (SSSR count). The van der Waals surface area contributed by atoms with Gasteiger partial charge >= 0.3 is 0 Å². The number of hydrogen-bond donors (Lipinski definition) is 2. The molecule has 2 aliphatic heterocycles. The predicted molar refractivity (Wildman–Crippen MR) is 78.2 cm³/mol. The summed E-state index contributed by atoms with van der Waals surface area (Å²) in [6.07, 6.45) is 2.90. The molecule has 0 aliphatic carbocycles. The van der Waals surface area contributed by atoms with E-state index in [0.717, 1.165) is 32.4 Å². The quantitative estimate of drug-likeness (QED) is 0.703. The van der Waals surface area contributed by atoms with Crippen molar-refractivity contribution in [3.05, 3.63) is 12.2 Å². The van der Waals surface area contributed by atoms with Crippen LogP contribution in [0.4, 0.5) is 0 Å². The molecule has 4 N–H and O–H groups in total. The van der Waals surface area contributed by atoms with Crippen molar-refractivity contribution in [2.45, 2.75) is 37.8 Å². The first-order valence-electron chi connectivity index (χ1n) is 6.79. The summed E-state index contributed by atoms with van der Waals surface area (Å²) >= 11 is 0. The largest absolute Gasteiger partial charge is 0.412 e. The molecule has 0 spiro atoms. The first-order valence-corrected chi connectivity index (χ1v) is 6.79. The van der Waals surface area contributed by atoms with E-state index >= 15 is 0 Å². The average molecular weight is 274 g/mol. The van der Waals surface area contributed by atoms with Gasteiger partial charge < -0.3 is 20.6 Å². The van der Waals surface area contributed by atoms with Crippen molar-refractivity contribution in [3.8, 4) is 0 Å². The summed E-state index contributed by atoms with van der Waals surface area (Å²) in [7, 11) is 4.11. The Bertz CT molecular complexity index is 284. The predicted octanol–water partition coefficient (Wildman–Crippen LogP) is -0.123. The zero-order valence-corrected chi connectivity index (χ0v) is 12.5. The first-order chi connectivity index (χ1) is 8.49. The minimum atomic E-state index is -0.0789. The van der Waals surface area contributed by atoms with Crippen LogP contribution >= 0.6 is 0 Å². The van der Waals surface area contributed by atoms with Crippen LogP contribution in [0.25, 0.3) is 0 Å². The van der Waals surface area contributed by atoms with Gasteiger partial charge in [-0.3, -0.25) is 4.90 Å². The average Bonchev–Trinajstić information content (AvgIpc) is 2.84. The standard InChI is InChI=1S/C10H17NO2.C4H11N.H2O/c1-8-4-10(7-13)3-2-9(6-12)11(10)5-8;1-4-5(2)3;/h9,12-13H,1-7H2;4H2,1-3H3;1H2/t9-,10-;;/m0../s1. The van der Waals surface area contributed by atoms with E-state index in [9.17, 15) is 5.11 Å². The van der Waals surface area contributed by atoms with Crippen LogP contribution in [0.1, 0.15) is 26.2 Å². The maximum absolute atomic E-state index is 9.39. The molecule has 2 fully saturated rings. The second-order valence-electron chi connectivity index (χ2n) is 5.71. The monoisotopic (exact) mass is 274 g/mol. The SMILES string of the molecule is C=C1CN2[C@H](CO)CC[C@@]2(CO)C1.CCN(C)C.O. The van der Waals surface area contributed by atoms with Gasteiger partial charge in [0.2, 0.25) is 0 Å². The first kappa shape index (κ1) is 18.5. The van der Waals surface area contributed by atoms with Gasteiger partial charge in [0.1, 0.15) is 0 Å². The number of rotatable bonds is 3. The van der Waals surface area contributed by atoms with Gasteiger partial charge in [0.25, 0.3) is 0 Å². The summed E-state index contributed by atoms with van der Waals surface area (Å²) in [5.74, 6) is 0. The van der Waals surface area contributed by atoms with Crippen LogP contribution in [0, 0.1) is 0 Å². The van der Waals surface area contributed by atoms with Gasteiger partial charge in [0, 0.05) is 18.1 Å². The van der Waals surface area contributed by atoms with Crippen LogP contribution in [0.2, 0.25) is 0 Å². The van der Waals surface area contributed by atoms with E-state index in [-0.39, 0.29) is 30.3 Å². The van der Waals surface area contributed by atoms with Gasteiger partial charge in [-0.2, -0.15) is 0 Å². The zero-order valence-electron chi connectivity index (χ0n) is 12.5. The Labute approximate surface area is 116 Å². The number of fused-ring (bicyclic) bond motifs is 1. The van der Waals surface area contributed by atoms with E-state index in [4.69, 9.17) is 5.11 Å². The van der Waals surface area contributed by atoms with E-state index in [0.29, 0.717) is 0 Å². The highest BCUT2D eigenvalue weighted by Crippen LogP contribution is 2.43. The number of nitrogens with zero attached hydrogens (tertiary/aromatic N) is 2. The van der Waals surface area contributed by atoms with Crippen LogP contribution < -0.4 is 0 Å². The van der Waals surface area contributed by atoms with Crippen LogP contribution in [-0.4, -0.2) is 77.5 Å². The van der Waals surface area contributed by atoms with Gasteiger partial charge in [-0.1, -0.05) is 19.1 Å². The lowest BCUT2D eigenvalue weighted by Crippen LogP contribution is -2.46. The number of aliphatic hydroxyl groups is 2. The second kappa shape index (κ2) is 7.97. The van der Waals surface area contributed by atoms with Crippen LogP contribution in [0.5, 0.6) is 0 Å². The van der Waals surface area contributed by atoms with Gasteiger partial charge in [-0.15, -0.1) is 0 Å². The molecule has 0 radical (unpaired) electrons. The molecule has 2 saturated heterocycles. The molecule has 2 atom stereocenters. The second-order valence-corrected chi connectivity index (χ2v) is 5.71. The van der Waals surface area contributed by atoms with Gasteiger partial charge in [0.05, 0.1) is 13.2 Å². The topological polar surface area (TPSA) is 78.4 Å². The maximum atomic E-state index is 9.39. The molecule has 5 nitrogen and oxygen atoms in total. The Morgan fingerprint density at radius 1 is 1.42 bits per heavy atom. The van der Waals surface area contributed by atoms with Crippen molar-refractivity contribution in [3.63, 3.8) is 0 Å². The molecule has 0 aromatic rings. The molecule has 0 bridgehead atoms. The van der Waals surface area contributed by atoms with Gasteiger partial charge in [-0.25, -0.2) is 0 Å². The van der Waals surface area contributed by atoms with E-state index in [1.807, 2.05) is 0 Å². The summed E-state index contributed by atoms with van der Waals surface area (Å²) in [6.45, 7) is 8.48. The van der Waals surface area contributed by atoms with E-state index < -0.39 is 0 Å². The van der Waals surface area contributed by atoms with Crippen molar-refractivity contribution in [1.29, 1.82) is 0 Å². The number of hydrogen-bond acceptors (Lipinski definition) is 4. The molecule has 0 aromatic carbocycles. The molecule has 5 heteroatoms. The summed E-state index contributed by atoms with van der Waals surface area (Å²) < 4.78 is 0. The van der Waals surface area contributed by atoms with Crippen LogP contribution in [0.3, 0.4) is 0 Å². The summed E-state index contributed by atoms with van der Waals surface area (Å²) in [5, 5.41) is 18.5. The highest BCUT2D eigenvalue weighted by molar-refractivity contribution is 5.19. The van der Waals surface area contributed by atoms with Crippen molar-refractivity contribution in [2.24, 2.45) is 0 Å². The molecule has 0 saturated carbocycles. The highest BCUT2D eigenvalue weighted by atomic mass is 16.3. The summed E-state index contributed by atoms with van der Waals surface area (Å²) in [6, 6.07) is 0.242. The van der Waals surface area contributed by atoms with E-state index in [1.54, 1.807) is 0 Å². The van der Waals surface area contributed by atoms with E-state index in [1.165, 1.54) is 5.57 Å². The van der Waals surface area contributed by atoms with Crippen LogP contribution in [0.15, 0.2) is 12.2 Å². The van der Waals surface area contributed by atoms with Crippen molar-refractivity contribution in [2.75, 3.05) is 40.4 Å². The third-order valence-corrected chi connectivity index (χ3v) is 4.10. The molecule has 114 valence electrons. The van der Waals surface area contributed by atoms with Gasteiger partial charge in [-0.05, 0) is 39.9 Å². The number of aliphatic hydroxyl groups excluding tert-OH is 2. The van der Waals surface area contributed by atoms with E-state index in [2.05, 4.69) is 37.4 Å². The summed E-state index contributed by atoms with van der Waals surface area (Å²) in [4.78, 5) is 4.36. The Balaban J connectivity index is 0.000000471. The summed E-state index contributed by atoms with van der Waals surface area (Å²) in [5.41, 5.74) is 1.11. The van der Waals surface area contributed by atoms with Crippen molar-refractivity contribution < 1.29 is 15.7 Å². The molecule has 0 aromatic heterocycles. The maximum Gasteiger partial charge on any atom is 0.0618 e. The smallest absolute Gasteiger partial charge is 0.0618 e. The fraction of sp³-hybridized carbons (Fsp3) is 0.857. The lowest BCUT2D eigenvalue weighted by atomic mass is 9.94. The molecule has 0 amide bonds. The van der Waals surface area contributed by atoms with Crippen molar-refractivity contribution >= 4 is 0 Å². The molecule has 19 heavy (non-hydrogen) atoms. The molecular weight excluding hydrogens is 244 g/mol. The molecular formula is C14H30N2O3. The normalized spacial score (nSPS) is 29.8. The minimum absolute atomic E-state index is 0. The lowest BCUT2D eigenvalue weighted by Gasteiger charge is -2.32. The fourth-order valence-electron chi connectivity index (χ4n) is 2.79. The van der Waals surface area contributed by atoms with Crippen LogP contribution in [-0.2, 0) is 0 Å². The molecule has 2 heterocycles. The zero-order chi connectivity index (χ0) is 13.8. The fourth-order valence-corrected chi connectivity index (χ4v) is 2.79. The third-order valence-electron chi connectivity index (χ3n) is 4.10. The van der Waals surface area contributed by atoms with Crippen molar-refractivity contribution in [1.82, 2.24) is 9.80 Å². The highest BCUT2D eigenvalue weighted by Gasteiger charge is 2.49.